The third kappa shape index (κ3) is 4.42. The molecule has 1 amide bonds. The molecule has 0 fully saturated rings. The van der Waals surface area contributed by atoms with Gasteiger partial charge >= 0.3 is 0 Å². The lowest BCUT2D eigenvalue weighted by Gasteiger charge is -2.14. The van der Waals surface area contributed by atoms with Crippen LogP contribution in [-0.4, -0.2) is 33.4 Å². The van der Waals surface area contributed by atoms with Gasteiger partial charge in [0.1, 0.15) is 0 Å². The summed E-state index contributed by atoms with van der Waals surface area (Å²) in [5, 5.41) is 17.0. The van der Waals surface area contributed by atoms with Gasteiger partial charge in [-0.05, 0) is 30.9 Å². The number of aromatic nitrogens is 2. The molecule has 0 radical (unpaired) electrons. The highest BCUT2D eigenvalue weighted by atomic mass is 16.3. The number of hydrogen-bond donors (Lipinski definition) is 2. The zero-order chi connectivity index (χ0) is 16.8. The lowest BCUT2D eigenvalue weighted by molar-refractivity contribution is 0.0899. The Morgan fingerprint density at radius 3 is 2.61 bits per heavy atom. The molecule has 1 atom stereocenters. The Morgan fingerprint density at radius 1 is 1.30 bits per heavy atom. The van der Waals surface area contributed by atoms with Crippen molar-refractivity contribution in [2.45, 2.75) is 39.7 Å². The minimum atomic E-state index is -0.520. The highest BCUT2D eigenvalue weighted by molar-refractivity contribution is 5.95. The predicted molar refractivity (Wildman–Crippen MR) is 90.7 cm³/mol. The Hall–Kier alpha value is -2.14. The molecule has 1 aromatic carbocycles. The molecule has 0 aliphatic rings. The maximum Gasteiger partial charge on any atom is 0.254 e. The van der Waals surface area contributed by atoms with Crippen LogP contribution in [-0.2, 0) is 6.42 Å². The van der Waals surface area contributed by atoms with Crippen molar-refractivity contribution >= 4 is 5.91 Å². The van der Waals surface area contributed by atoms with E-state index in [0.717, 1.165) is 11.4 Å². The largest absolute Gasteiger partial charge is 0.391 e. The average Bonchev–Trinajstić information content (AvgIpc) is 2.96. The summed E-state index contributed by atoms with van der Waals surface area (Å²) in [6.45, 7) is 6.35. The molecule has 0 aliphatic carbocycles. The summed E-state index contributed by atoms with van der Waals surface area (Å²) in [5.74, 6) is 0.209. The van der Waals surface area contributed by atoms with Crippen LogP contribution < -0.4 is 5.32 Å². The zero-order valence-corrected chi connectivity index (χ0v) is 14.0. The fourth-order valence-electron chi connectivity index (χ4n) is 2.63. The van der Waals surface area contributed by atoms with Crippen LogP contribution in [0.4, 0.5) is 0 Å². The van der Waals surface area contributed by atoms with Gasteiger partial charge in [-0.3, -0.25) is 4.79 Å². The Labute approximate surface area is 137 Å². The van der Waals surface area contributed by atoms with E-state index in [2.05, 4.69) is 10.4 Å². The van der Waals surface area contributed by atoms with Crippen LogP contribution in [0.3, 0.4) is 0 Å². The van der Waals surface area contributed by atoms with Crippen LogP contribution in [0, 0.1) is 5.92 Å². The van der Waals surface area contributed by atoms with E-state index in [4.69, 9.17) is 0 Å². The molecule has 5 nitrogen and oxygen atoms in total. The van der Waals surface area contributed by atoms with Gasteiger partial charge in [0.25, 0.3) is 5.91 Å². The summed E-state index contributed by atoms with van der Waals surface area (Å²) in [7, 11) is 0. The summed E-state index contributed by atoms with van der Waals surface area (Å²) in [6.07, 6.45) is 2.44. The van der Waals surface area contributed by atoms with Crippen molar-refractivity contribution in [3.05, 3.63) is 47.8 Å². The Balaban J connectivity index is 2.11. The van der Waals surface area contributed by atoms with E-state index in [1.165, 1.54) is 0 Å². The fourth-order valence-corrected chi connectivity index (χ4v) is 2.63. The van der Waals surface area contributed by atoms with E-state index >= 15 is 0 Å². The first-order valence-corrected chi connectivity index (χ1v) is 8.11. The van der Waals surface area contributed by atoms with Gasteiger partial charge in [-0.1, -0.05) is 39.0 Å². The standard InChI is InChI=1S/C18H25N3O2/c1-4-17-16(18(23)19-11-15(22)10-13(2)3)12-20-21(17)14-8-6-5-7-9-14/h5-9,12-13,15,22H,4,10-11H2,1-3H3,(H,19,23). The number of para-hydroxylation sites is 1. The second-order valence-electron chi connectivity index (χ2n) is 6.10. The molecule has 1 unspecified atom stereocenters. The lowest BCUT2D eigenvalue weighted by Crippen LogP contribution is -2.33. The molecule has 0 spiro atoms. The number of aliphatic hydroxyl groups excluding tert-OH is 1. The van der Waals surface area contributed by atoms with Crippen molar-refractivity contribution in [3.8, 4) is 5.69 Å². The normalized spacial score (nSPS) is 12.4. The molecular formula is C18H25N3O2. The maximum absolute atomic E-state index is 12.4. The van der Waals surface area contributed by atoms with Crippen molar-refractivity contribution < 1.29 is 9.90 Å². The number of hydrogen-bond acceptors (Lipinski definition) is 3. The van der Waals surface area contributed by atoms with Gasteiger partial charge in [0.2, 0.25) is 0 Å². The second-order valence-corrected chi connectivity index (χ2v) is 6.10. The minimum Gasteiger partial charge on any atom is -0.391 e. The highest BCUT2D eigenvalue weighted by Gasteiger charge is 2.18. The zero-order valence-electron chi connectivity index (χ0n) is 14.0. The number of carbonyl (C=O) groups excluding carboxylic acids is 1. The fraction of sp³-hybridized carbons (Fsp3) is 0.444. The van der Waals surface area contributed by atoms with Gasteiger partial charge in [-0.25, -0.2) is 4.68 Å². The SMILES string of the molecule is CCc1c(C(=O)NCC(O)CC(C)C)cnn1-c1ccccc1. The molecular weight excluding hydrogens is 290 g/mol. The summed E-state index contributed by atoms with van der Waals surface area (Å²) < 4.78 is 1.79. The third-order valence-corrected chi connectivity index (χ3v) is 3.69. The predicted octanol–water partition coefficient (Wildman–Crippen LogP) is 2.57. The number of nitrogens with zero attached hydrogens (tertiary/aromatic N) is 2. The van der Waals surface area contributed by atoms with E-state index in [9.17, 15) is 9.90 Å². The van der Waals surface area contributed by atoms with Gasteiger partial charge in [-0.15, -0.1) is 0 Å². The van der Waals surface area contributed by atoms with Gasteiger partial charge in [0, 0.05) is 6.54 Å². The molecule has 1 aromatic heterocycles. The Morgan fingerprint density at radius 2 is 2.00 bits per heavy atom. The van der Waals surface area contributed by atoms with Crippen LogP contribution in [0.1, 0.15) is 43.2 Å². The Bertz CT molecular complexity index is 635. The number of amides is 1. The van der Waals surface area contributed by atoms with Crippen molar-refractivity contribution in [1.29, 1.82) is 0 Å². The minimum absolute atomic E-state index is 0.188. The van der Waals surface area contributed by atoms with Gasteiger partial charge in [0.15, 0.2) is 0 Å². The number of aliphatic hydroxyl groups is 1. The van der Waals surface area contributed by atoms with E-state index in [0.29, 0.717) is 24.3 Å². The van der Waals surface area contributed by atoms with Gasteiger partial charge in [-0.2, -0.15) is 5.10 Å². The summed E-state index contributed by atoms with van der Waals surface area (Å²) >= 11 is 0. The molecule has 0 saturated carbocycles. The molecule has 23 heavy (non-hydrogen) atoms. The molecule has 124 valence electrons. The van der Waals surface area contributed by atoms with E-state index < -0.39 is 6.10 Å². The Kier molecular flexibility index (Phi) is 5.93. The third-order valence-electron chi connectivity index (χ3n) is 3.69. The average molecular weight is 315 g/mol. The summed E-state index contributed by atoms with van der Waals surface area (Å²) in [5.41, 5.74) is 2.36. The lowest BCUT2D eigenvalue weighted by atomic mass is 10.1. The molecule has 2 N–H and O–H groups in total. The maximum atomic E-state index is 12.4. The first-order chi connectivity index (χ1) is 11.0. The van der Waals surface area contributed by atoms with E-state index in [1.807, 2.05) is 51.1 Å². The van der Waals surface area contributed by atoms with Crippen LogP contribution in [0.25, 0.3) is 5.69 Å². The second kappa shape index (κ2) is 7.92. The van der Waals surface area contributed by atoms with Crippen molar-refractivity contribution in [1.82, 2.24) is 15.1 Å². The molecule has 2 rings (SSSR count). The number of nitrogens with one attached hydrogen (secondary N) is 1. The van der Waals surface area contributed by atoms with E-state index in [-0.39, 0.29) is 12.5 Å². The number of rotatable bonds is 7. The van der Waals surface area contributed by atoms with Crippen LogP contribution in [0.15, 0.2) is 36.5 Å². The highest BCUT2D eigenvalue weighted by Crippen LogP contribution is 2.15. The molecule has 0 bridgehead atoms. The van der Waals surface area contributed by atoms with Gasteiger partial charge < -0.3 is 10.4 Å². The summed E-state index contributed by atoms with van der Waals surface area (Å²) in [4.78, 5) is 12.4. The van der Waals surface area contributed by atoms with Crippen molar-refractivity contribution in [3.63, 3.8) is 0 Å². The molecule has 0 aliphatic heterocycles. The van der Waals surface area contributed by atoms with Crippen LogP contribution >= 0.6 is 0 Å². The van der Waals surface area contributed by atoms with Crippen LogP contribution in [0.5, 0.6) is 0 Å². The quantitative estimate of drug-likeness (QED) is 0.825. The first kappa shape index (κ1) is 17.2. The molecule has 0 saturated heterocycles. The first-order valence-electron chi connectivity index (χ1n) is 8.11. The van der Waals surface area contributed by atoms with Gasteiger partial charge in [0.05, 0.1) is 29.2 Å². The topological polar surface area (TPSA) is 67.2 Å². The monoisotopic (exact) mass is 315 g/mol. The van der Waals surface area contributed by atoms with Crippen molar-refractivity contribution in [2.75, 3.05) is 6.54 Å². The summed E-state index contributed by atoms with van der Waals surface area (Å²) in [6, 6.07) is 9.75. The van der Waals surface area contributed by atoms with Crippen molar-refractivity contribution in [2.24, 2.45) is 5.92 Å². The molecule has 1 heterocycles. The molecule has 5 heteroatoms. The molecule has 2 aromatic rings. The number of benzene rings is 1. The van der Waals surface area contributed by atoms with Crippen LogP contribution in [0.2, 0.25) is 0 Å². The smallest absolute Gasteiger partial charge is 0.254 e. The van der Waals surface area contributed by atoms with E-state index in [1.54, 1.807) is 10.9 Å². The number of carbonyl (C=O) groups is 1.